The Morgan fingerprint density at radius 2 is 1.88 bits per heavy atom. The van der Waals surface area contributed by atoms with Gasteiger partial charge in [-0.3, -0.25) is 9.97 Å². The molecule has 0 amide bonds. The summed E-state index contributed by atoms with van der Waals surface area (Å²) < 4.78 is 1.88. The number of rotatable bonds is 3. The second-order valence-corrected chi connectivity index (χ2v) is 6.82. The van der Waals surface area contributed by atoms with Crippen molar-refractivity contribution in [1.82, 2.24) is 24.6 Å². The Morgan fingerprint density at radius 1 is 1.04 bits per heavy atom. The van der Waals surface area contributed by atoms with E-state index in [1.54, 1.807) is 12.4 Å². The van der Waals surface area contributed by atoms with Gasteiger partial charge in [0.1, 0.15) is 0 Å². The summed E-state index contributed by atoms with van der Waals surface area (Å²) in [7, 11) is 0. The SMILES string of the molecule is CC1CC(Nc2ncc3c(-c4ccc5nccnc5c4)ccn3n2)C1. The van der Waals surface area contributed by atoms with Crippen molar-refractivity contribution in [3.63, 3.8) is 0 Å². The van der Waals surface area contributed by atoms with Gasteiger partial charge in [0.05, 0.1) is 22.7 Å². The molecule has 0 aliphatic heterocycles. The van der Waals surface area contributed by atoms with Crippen molar-refractivity contribution in [2.24, 2.45) is 5.92 Å². The molecule has 6 heteroatoms. The van der Waals surface area contributed by atoms with E-state index < -0.39 is 0 Å². The van der Waals surface area contributed by atoms with E-state index in [0.29, 0.717) is 12.0 Å². The van der Waals surface area contributed by atoms with Crippen molar-refractivity contribution in [3.05, 3.63) is 49.1 Å². The van der Waals surface area contributed by atoms with Crippen molar-refractivity contribution in [2.45, 2.75) is 25.8 Å². The molecule has 0 saturated heterocycles. The molecule has 0 atom stereocenters. The van der Waals surface area contributed by atoms with Gasteiger partial charge in [-0.1, -0.05) is 13.0 Å². The minimum absolute atomic E-state index is 0.501. The molecule has 0 spiro atoms. The van der Waals surface area contributed by atoms with E-state index in [1.807, 2.05) is 23.0 Å². The highest BCUT2D eigenvalue weighted by atomic mass is 15.3. The van der Waals surface area contributed by atoms with Gasteiger partial charge in [-0.25, -0.2) is 9.50 Å². The predicted octanol–water partition coefficient (Wildman–Crippen LogP) is 3.55. The smallest absolute Gasteiger partial charge is 0.241 e. The van der Waals surface area contributed by atoms with Crippen LogP contribution < -0.4 is 5.32 Å². The fourth-order valence-electron chi connectivity index (χ4n) is 3.54. The molecule has 0 radical (unpaired) electrons. The molecule has 0 unspecified atom stereocenters. The molecule has 25 heavy (non-hydrogen) atoms. The number of benzene rings is 1. The molecule has 3 aromatic heterocycles. The Hall–Kier alpha value is -3.02. The molecule has 1 aliphatic carbocycles. The lowest BCUT2D eigenvalue weighted by Crippen LogP contribution is -2.34. The van der Waals surface area contributed by atoms with Gasteiger partial charge in [-0.05, 0) is 42.5 Å². The number of nitrogens with zero attached hydrogens (tertiary/aromatic N) is 5. The Morgan fingerprint density at radius 3 is 2.72 bits per heavy atom. The number of nitrogens with one attached hydrogen (secondary N) is 1. The summed E-state index contributed by atoms with van der Waals surface area (Å²) in [5.74, 6) is 1.49. The summed E-state index contributed by atoms with van der Waals surface area (Å²) in [6, 6.07) is 8.68. The van der Waals surface area contributed by atoms with E-state index in [4.69, 9.17) is 0 Å². The van der Waals surface area contributed by atoms with E-state index in [1.165, 1.54) is 12.8 Å². The third-order valence-electron chi connectivity index (χ3n) is 4.90. The van der Waals surface area contributed by atoms with Crippen LogP contribution in [-0.4, -0.2) is 30.6 Å². The van der Waals surface area contributed by atoms with Crippen molar-refractivity contribution < 1.29 is 0 Å². The maximum absolute atomic E-state index is 4.60. The van der Waals surface area contributed by atoms with Gasteiger partial charge in [0.2, 0.25) is 5.95 Å². The Balaban J connectivity index is 1.50. The standard InChI is InChI=1S/C19H18N6/c1-12-8-14(9-12)23-19-22-11-18-15(4-7-25(18)24-19)13-2-3-16-17(10-13)21-6-5-20-16/h2-7,10-12,14H,8-9H2,1H3,(H,23,24). The predicted molar refractivity (Wildman–Crippen MR) is 97.3 cm³/mol. The number of fused-ring (bicyclic) bond motifs is 2. The minimum Gasteiger partial charge on any atom is -0.350 e. The van der Waals surface area contributed by atoms with Crippen molar-refractivity contribution in [1.29, 1.82) is 0 Å². The maximum atomic E-state index is 4.60. The molecular formula is C19H18N6. The molecule has 3 heterocycles. The van der Waals surface area contributed by atoms with E-state index in [2.05, 4.69) is 50.5 Å². The minimum atomic E-state index is 0.501. The zero-order valence-electron chi connectivity index (χ0n) is 13.9. The molecule has 1 N–H and O–H groups in total. The van der Waals surface area contributed by atoms with Crippen LogP contribution in [0, 0.1) is 5.92 Å². The molecule has 1 aliphatic rings. The van der Waals surface area contributed by atoms with Gasteiger partial charge < -0.3 is 5.32 Å². The van der Waals surface area contributed by atoms with Crippen LogP contribution in [0.5, 0.6) is 0 Å². The zero-order valence-corrected chi connectivity index (χ0v) is 13.9. The second kappa shape index (κ2) is 5.51. The largest absolute Gasteiger partial charge is 0.350 e. The number of hydrogen-bond donors (Lipinski definition) is 1. The van der Waals surface area contributed by atoms with Crippen molar-refractivity contribution >= 4 is 22.5 Å². The Kier molecular flexibility index (Phi) is 3.16. The summed E-state index contributed by atoms with van der Waals surface area (Å²) >= 11 is 0. The van der Waals surface area contributed by atoms with E-state index in [0.717, 1.165) is 33.6 Å². The first-order chi connectivity index (χ1) is 12.3. The van der Waals surface area contributed by atoms with E-state index >= 15 is 0 Å². The zero-order chi connectivity index (χ0) is 16.8. The highest BCUT2D eigenvalue weighted by molar-refractivity contribution is 5.86. The van der Waals surface area contributed by atoms with Gasteiger partial charge in [0.25, 0.3) is 0 Å². The average Bonchev–Trinajstić information content (AvgIpc) is 3.03. The lowest BCUT2D eigenvalue weighted by atomic mass is 9.82. The fourth-order valence-corrected chi connectivity index (χ4v) is 3.54. The number of anilines is 1. The fraction of sp³-hybridized carbons (Fsp3) is 0.263. The van der Waals surface area contributed by atoms with Crippen molar-refractivity contribution in [3.8, 4) is 11.1 Å². The molecule has 1 fully saturated rings. The highest BCUT2D eigenvalue weighted by Crippen LogP contribution is 2.30. The van der Waals surface area contributed by atoms with Gasteiger partial charge in [-0.15, -0.1) is 5.10 Å². The summed E-state index contributed by atoms with van der Waals surface area (Å²) in [6.45, 7) is 2.27. The Labute approximate surface area is 145 Å². The van der Waals surface area contributed by atoms with Crippen LogP contribution in [0.25, 0.3) is 27.7 Å². The van der Waals surface area contributed by atoms with Gasteiger partial charge in [0, 0.05) is 30.2 Å². The summed E-state index contributed by atoms with van der Waals surface area (Å²) in [6.07, 6.45) is 9.66. The molecule has 6 nitrogen and oxygen atoms in total. The van der Waals surface area contributed by atoms with Crippen LogP contribution in [0.3, 0.4) is 0 Å². The van der Waals surface area contributed by atoms with Crippen molar-refractivity contribution in [2.75, 3.05) is 5.32 Å². The molecule has 1 saturated carbocycles. The van der Waals surface area contributed by atoms with E-state index in [-0.39, 0.29) is 0 Å². The Bertz CT molecular complexity index is 1060. The summed E-state index contributed by atoms with van der Waals surface area (Å²) in [5.41, 5.74) is 4.95. The lowest BCUT2D eigenvalue weighted by Gasteiger charge is -2.33. The molecular weight excluding hydrogens is 312 g/mol. The third kappa shape index (κ3) is 2.50. The topological polar surface area (TPSA) is 68.0 Å². The van der Waals surface area contributed by atoms with E-state index in [9.17, 15) is 0 Å². The van der Waals surface area contributed by atoms with Gasteiger partial charge in [-0.2, -0.15) is 0 Å². The number of aromatic nitrogens is 5. The molecule has 5 rings (SSSR count). The van der Waals surface area contributed by atoms with Gasteiger partial charge in [0.15, 0.2) is 0 Å². The highest BCUT2D eigenvalue weighted by Gasteiger charge is 2.25. The summed E-state index contributed by atoms with van der Waals surface area (Å²) in [4.78, 5) is 13.2. The molecule has 124 valence electrons. The lowest BCUT2D eigenvalue weighted by molar-refractivity contribution is 0.307. The summed E-state index contributed by atoms with van der Waals surface area (Å²) in [5, 5.41) is 8.01. The molecule has 1 aromatic carbocycles. The average molecular weight is 330 g/mol. The number of hydrogen-bond acceptors (Lipinski definition) is 5. The monoisotopic (exact) mass is 330 g/mol. The van der Waals surface area contributed by atoms with Crippen LogP contribution in [0.1, 0.15) is 19.8 Å². The third-order valence-corrected chi connectivity index (χ3v) is 4.90. The normalized spacial score (nSPS) is 19.9. The first-order valence-electron chi connectivity index (χ1n) is 8.58. The van der Waals surface area contributed by atoms with Crippen LogP contribution in [0.2, 0.25) is 0 Å². The molecule has 0 bridgehead atoms. The van der Waals surface area contributed by atoms with Gasteiger partial charge >= 0.3 is 0 Å². The second-order valence-electron chi connectivity index (χ2n) is 6.82. The van der Waals surface area contributed by atoms with Crippen LogP contribution in [-0.2, 0) is 0 Å². The quantitative estimate of drug-likeness (QED) is 0.622. The van der Waals surface area contributed by atoms with Crippen LogP contribution in [0.4, 0.5) is 5.95 Å². The molecule has 4 aromatic rings. The first-order valence-corrected chi connectivity index (χ1v) is 8.58. The maximum Gasteiger partial charge on any atom is 0.241 e. The van der Waals surface area contributed by atoms with Crippen LogP contribution >= 0.6 is 0 Å². The van der Waals surface area contributed by atoms with Crippen LogP contribution in [0.15, 0.2) is 49.1 Å². The first kappa shape index (κ1) is 14.3.